The van der Waals surface area contributed by atoms with E-state index in [1.54, 1.807) is 0 Å². The third kappa shape index (κ3) is 6.06. The molecule has 1 heteroatoms. The third-order valence-electron chi connectivity index (χ3n) is 1.01. The predicted molar refractivity (Wildman–Crippen MR) is 34.7 cm³/mol. The van der Waals surface area contributed by atoms with Crippen molar-refractivity contribution in [1.29, 1.82) is 0 Å². The van der Waals surface area contributed by atoms with Gasteiger partial charge in [-0.3, -0.25) is 0 Å². The Labute approximate surface area is 47.7 Å². The topological polar surface area (TPSA) is 0 Å². The van der Waals surface area contributed by atoms with Gasteiger partial charge in [-0.25, -0.2) is 0 Å². The van der Waals surface area contributed by atoms with Gasteiger partial charge in [0.1, 0.15) is 0 Å². The SMILES string of the molecule is [B]C(C)CCCC. The van der Waals surface area contributed by atoms with Crippen molar-refractivity contribution in [3.8, 4) is 0 Å². The van der Waals surface area contributed by atoms with Crippen LogP contribution in [0.1, 0.15) is 33.1 Å². The first-order valence-corrected chi connectivity index (χ1v) is 3.03. The summed E-state index contributed by atoms with van der Waals surface area (Å²) in [5.74, 6) is 0.403. The quantitative estimate of drug-likeness (QED) is 0.472. The summed E-state index contributed by atoms with van der Waals surface area (Å²) in [7, 11) is 5.48. The van der Waals surface area contributed by atoms with Gasteiger partial charge in [0.25, 0.3) is 0 Å². The first-order chi connectivity index (χ1) is 3.27. The van der Waals surface area contributed by atoms with E-state index in [2.05, 4.69) is 13.8 Å². The average Bonchev–Trinajstić information content (AvgIpc) is 1.61. The second-order valence-corrected chi connectivity index (χ2v) is 2.12. The monoisotopic (exact) mass is 96.1 g/mol. The van der Waals surface area contributed by atoms with Crippen LogP contribution >= 0.6 is 0 Å². The molecule has 0 aliphatic heterocycles. The minimum atomic E-state index is 0.403. The summed E-state index contributed by atoms with van der Waals surface area (Å²) in [4.78, 5) is 0. The van der Waals surface area contributed by atoms with Gasteiger partial charge in [-0.1, -0.05) is 38.9 Å². The molecule has 0 spiro atoms. The molecule has 0 fully saturated rings. The highest BCUT2D eigenvalue weighted by Gasteiger charge is 1.88. The molecule has 1 atom stereocenters. The summed E-state index contributed by atoms with van der Waals surface area (Å²) < 4.78 is 0. The molecule has 0 amide bonds. The van der Waals surface area contributed by atoms with Crippen molar-refractivity contribution < 1.29 is 0 Å². The fourth-order valence-corrected chi connectivity index (χ4v) is 0.526. The van der Waals surface area contributed by atoms with E-state index >= 15 is 0 Å². The number of hydrogen-bond donors (Lipinski definition) is 0. The van der Waals surface area contributed by atoms with Crippen LogP contribution in [-0.2, 0) is 0 Å². The van der Waals surface area contributed by atoms with E-state index in [4.69, 9.17) is 7.85 Å². The molecule has 0 bridgehead atoms. The van der Waals surface area contributed by atoms with Gasteiger partial charge in [-0.2, -0.15) is 0 Å². The first-order valence-electron chi connectivity index (χ1n) is 3.03. The lowest BCUT2D eigenvalue weighted by atomic mass is 9.85. The van der Waals surface area contributed by atoms with Gasteiger partial charge in [0.05, 0.1) is 7.85 Å². The molecule has 0 saturated carbocycles. The maximum atomic E-state index is 5.48. The highest BCUT2D eigenvalue weighted by atomic mass is 13.9. The normalized spacial score (nSPS) is 14.0. The molecule has 7 heavy (non-hydrogen) atoms. The van der Waals surface area contributed by atoms with E-state index in [0.717, 1.165) is 0 Å². The molecule has 0 N–H and O–H groups in total. The van der Waals surface area contributed by atoms with Gasteiger partial charge >= 0.3 is 0 Å². The maximum absolute atomic E-state index is 5.48. The summed E-state index contributed by atoms with van der Waals surface area (Å²) in [6.45, 7) is 4.23. The lowest BCUT2D eigenvalue weighted by Gasteiger charge is -1.99. The molecule has 0 rings (SSSR count). The van der Waals surface area contributed by atoms with Crippen molar-refractivity contribution in [2.24, 2.45) is 0 Å². The van der Waals surface area contributed by atoms with E-state index in [-0.39, 0.29) is 0 Å². The maximum Gasteiger partial charge on any atom is 0.0695 e. The Morgan fingerprint density at radius 2 is 2.14 bits per heavy atom. The lowest BCUT2D eigenvalue weighted by Crippen LogP contribution is -1.82. The van der Waals surface area contributed by atoms with E-state index in [0.29, 0.717) is 5.82 Å². The van der Waals surface area contributed by atoms with Crippen molar-refractivity contribution in [1.82, 2.24) is 0 Å². The molecule has 40 valence electrons. The largest absolute Gasteiger partial charge is 0.0802 e. The molecule has 0 aromatic rings. The van der Waals surface area contributed by atoms with Crippen molar-refractivity contribution in [2.45, 2.75) is 38.9 Å². The van der Waals surface area contributed by atoms with E-state index in [1.165, 1.54) is 19.3 Å². The van der Waals surface area contributed by atoms with Crippen molar-refractivity contribution in [2.75, 3.05) is 0 Å². The molecule has 0 aliphatic carbocycles. The van der Waals surface area contributed by atoms with Crippen LogP contribution in [0.3, 0.4) is 0 Å². The summed E-state index contributed by atoms with van der Waals surface area (Å²) in [6.07, 6.45) is 3.72. The Kier molecular flexibility index (Phi) is 4.27. The van der Waals surface area contributed by atoms with Crippen LogP contribution in [0, 0.1) is 0 Å². The van der Waals surface area contributed by atoms with E-state index in [1.807, 2.05) is 0 Å². The van der Waals surface area contributed by atoms with Gasteiger partial charge in [-0.05, 0) is 0 Å². The van der Waals surface area contributed by atoms with Gasteiger partial charge < -0.3 is 0 Å². The minimum Gasteiger partial charge on any atom is -0.0802 e. The molecule has 0 aromatic heterocycles. The average molecular weight is 96.0 g/mol. The zero-order chi connectivity index (χ0) is 5.70. The minimum absolute atomic E-state index is 0.403. The van der Waals surface area contributed by atoms with Crippen LogP contribution in [0.4, 0.5) is 0 Å². The van der Waals surface area contributed by atoms with Crippen LogP contribution in [-0.4, -0.2) is 7.85 Å². The Morgan fingerprint density at radius 3 is 2.29 bits per heavy atom. The Morgan fingerprint density at radius 1 is 1.57 bits per heavy atom. The smallest absolute Gasteiger partial charge is 0.0695 e. The molecule has 0 aliphatic rings. The van der Waals surface area contributed by atoms with Gasteiger partial charge in [0.2, 0.25) is 0 Å². The summed E-state index contributed by atoms with van der Waals surface area (Å²) in [6, 6.07) is 0. The van der Waals surface area contributed by atoms with E-state index < -0.39 is 0 Å². The fourth-order valence-electron chi connectivity index (χ4n) is 0.526. The van der Waals surface area contributed by atoms with Crippen LogP contribution in [0.2, 0.25) is 5.82 Å². The van der Waals surface area contributed by atoms with Crippen molar-refractivity contribution in [3.63, 3.8) is 0 Å². The van der Waals surface area contributed by atoms with Crippen LogP contribution < -0.4 is 0 Å². The second kappa shape index (κ2) is 4.23. The Bertz CT molecular complexity index is 33.2. The Hall–Kier alpha value is 0.0649. The zero-order valence-corrected chi connectivity index (χ0v) is 5.28. The molecule has 0 heterocycles. The van der Waals surface area contributed by atoms with Gasteiger partial charge in [0.15, 0.2) is 0 Å². The summed E-state index contributed by atoms with van der Waals surface area (Å²) in [5.41, 5.74) is 0. The standard InChI is InChI=1S/C6H13B/c1-3-4-5-6(2)7/h6H,3-5H2,1-2H3. The summed E-state index contributed by atoms with van der Waals surface area (Å²) in [5, 5.41) is 0. The number of hydrogen-bond acceptors (Lipinski definition) is 0. The van der Waals surface area contributed by atoms with Crippen LogP contribution in [0.15, 0.2) is 0 Å². The predicted octanol–water partition coefficient (Wildman–Crippen LogP) is 2.15. The van der Waals surface area contributed by atoms with Gasteiger partial charge in [-0.15, -0.1) is 0 Å². The molecule has 1 unspecified atom stereocenters. The number of rotatable bonds is 3. The van der Waals surface area contributed by atoms with Crippen LogP contribution in [0.5, 0.6) is 0 Å². The zero-order valence-electron chi connectivity index (χ0n) is 5.28. The van der Waals surface area contributed by atoms with Gasteiger partial charge in [0, 0.05) is 0 Å². The molecule has 0 saturated heterocycles. The lowest BCUT2D eigenvalue weighted by molar-refractivity contribution is 0.701. The number of unbranched alkanes of at least 4 members (excludes halogenated alkanes) is 1. The Balaban J connectivity index is 2.68. The van der Waals surface area contributed by atoms with Crippen LogP contribution in [0.25, 0.3) is 0 Å². The third-order valence-corrected chi connectivity index (χ3v) is 1.01. The van der Waals surface area contributed by atoms with E-state index in [9.17, 15) is 0 Å². The molecular formula is C6H13B. The highest BCUT2D eigenvalue weighted by molar-refractivity contribution is 6.11. The highest BCUT2D eigenvalue weighted by Crippen LogP contribution is 2.07. The first kappa shape index (κ1) is 7.06. The summed E-state index contributed by atoms with van der Waals surface area (Å²) >= 11 is 0. The molecular weight excluding hydrogens is 82.9 g/mol. The fraction of sp³-hybridized carbons (Fsp3) is 1.00. The molecule has 2 radical (unpaired) electrons. The second-order valence-electron chi connectivity index (χ2n) is 2.12. The van der Waals surface area contributed by atoms with Crippen molar-refractivity contribution >= 4 is 7.85 Å². The molecule has 0 nitrogen and oxygen atoms in total. The van der Waals surface area contributed by atoms with Crippen molar-refractivity contribution in [3.05, 3.63) is 0 Å². The molecule has 0 aromatic carbocycles.